The topological polar surface area (TPSA) is 21.6 Å². The van der Waals surface area contributed by atoms with Gasteiger partial charge in [0.2, 0.25) is 0 Å². The van der Waals surface area contributed by atoms with Gasteiger partial charge in [-0.05, 0) is 55.3 Å². The Kier molecular flexibility index (Phi) is 8.82. The summed E-state index contributed by atoms with van der Waals surface area (Å²) in [6.07, 6.45) is 11.1. The van der Waals surface area contributed by atoms with Crippen LogP contribution in [-0.4, -0.2) is 12.8 Å². The largest absolute Gasteiger partial charge is 0.494 e. The SMILES string of the molecule is CCCCCCCCCOc1ccc(C=Nc2ccc(C)cc2)cc1. The first-order valence-electron chi connectivity index (χ1n) is 9.61. The molecule has 0 unspecified atom stereocenters. The third-order valence-electron chi connectivity index (χ3n) is 4.29. The van der Waals surface area contributed by atoms with Crippen LogP contribution in [0.4, 0.5) is 5.69 Å². The van der Waals surface area contributed by atoms with Crippen LogP contribution in [-0.2, 0) is 0 Å². The lowest BCUT2D eigenvalue weighted by Gasteiger charge is -2.06. The van der Waals surface area contributed by atoms with Gasteiger partial charge in [0.15, 0.2) is 0 Å². The predicted molar refractivity (Wildman–Crippen MR) is 108 cm³/mol. The zero-order valence-corrected chi connectivity index (χ0v) is 15.7. The van der Waals surface area contributed by atoms with Gasteiger partial charge in [0.05, 0.1) is 12.3 Å². The Morgan fingerprint density at radius 2 is 1.44 bits per heavy atom. The minimum absolute atomic E-state index is 0.810. The first-order chi connectivity index (χ1) is 12.3. The van der Waals surface area contributed by atoms with Crippen LogP contribution in [0.1, 0.15) is 63.0 Å². The van der Waals surface area contributed by atoms with Crippen molar-refractivity contribution in [3.8, 4) is 5.75 Å². The summed E-state index contributed by atoms with van der Waals surface area (Å²) >= 11 is 0. The summed E-state index contributed by atoms with van der Waals surface area (Å²) in [6, 6.07) is 16.4. The van der Waals surface area contributed by atoms with Gasteiger partial charge in [-0.3, -0.25) is 4.99 Å². The third kappa shape index (κ3) is 8.02. The summed E-state index contributed by atoms with van der Waals surface area (Å²) < 4.78 is 5.82. The molecule has 2 heteroatoms. The Bertz CT molecular complexity index is 614. The first kappa shape index (κ1) is 19.2. The number of ether oxygens (including phenoxy) is 1. The summed E-state index contributed by atoms with van der Waals surface area (Å²) in [7, 11) is 0. The number of nitrogens with zero attached hydrogens (tertiary/aromatic N) is 1. The summed E-state index contributed by atoms with van der Waals surface area (Å²) in [4.78, 5) is 4.50. The molecule has 2 aromatic carbocycles. The van der Waals surface area contributed by atoms with E-state index in [4.69, 9.17) is 4.74 Å². The van der Waals surface area contributed by atoms with Crippen LogP contribution in [0.3, 0.4) is 0 Å². The molecule has 0 fully saturated rings. The number of benzene rings is 2. The lowest BCUT2D eigenvalue weighted by atomic mass is 10.1. The van der Waals surface area contributed by atoms with Crippen molar-refractivity contribution >= 4 is 11.9 Å². The standard InChI is InChI=1S/C23H31NO/c1-3-4-5-6-7-8-9-18-25-23-16-12-21(13-17-23)19-24-22-14-10-20(2)11-15-22/h10-17,19H,3-9,18H2,1-2H3. The van der Waals surface area contributed by atoms with Crippen LogP contribution in [0, 0.1) is 6.92 Å². The van der Waals surface area contributed by atoms with Crippen molar-refractivity contribution in [2.45, 2.75) is 58.8 Å². The highest BCUT2D eigenvalue weighted by molar-refractivity contribution is 5.82. The maximum Gasteiger partial charge on any atom is 0.119 e. The Balaban J connectivity index is 1.66. The van der Waals surface area contributed by atoms with Crippen LogP contribution < -0.4 is 4.74 Å². The van der Waals surface area contributed by atoms with Crippen LogP contribution in [0.5, 0.6) is 5.75 Å². The molecule has 0 aliphatic heterocycles. The number of hydrogen-bond donors (Lipinski definition) is 0. The Morgan fingerprint density at radius 1 is 0.800 bits per heavy atom. The lowest BCUT2D eigenvalue weighted by molar-refractivity contribution is 0.304. The number of rotatable bonds is 11. The van der Waals surface area contributed by atoms with E-state index in [1.54, 1.807) is 0 Å². The second kappa shape index (κ2) is 11.5. The molecular formula is C23H31NO. The molecule has 0 spiro atoms. The lowest BCUT2D eigenvalue weighted by Crippen LogP contribution is -1.97. The maximum absolute atomic E-state index is 5.82. The quantitative estimate of drug-likeness (QED) is 0.323. The summed E-state index contributed by atoms with van der Waals surface area (Å²) in [5, 5.41) is 0. The van der Waals surface area contributed by atoms with Gasteiger partial charge < -0.3 is 4.74 Å². The zero-order chi connectivity index (χ0) is 17.7. The zero-order valence-electron chi connectivity index (χ0n) is 15.7. The van der Waals surface area contributed by atoms with Crippen molar-refractivity contribution in [2.75, 3.05) is 6.61 Å². The molecular weight excluding hydrogens is 306 g/mol. The van der Waals surface area contributed by atoms with E-state index in [1.165, 1.54) is 44.1 Å². The molecule has 134 valence electrons. The second-order valence-corrected chi connectivity index (χ2v) is 6.63. The summed E-state index contributed by atoms with van der Waals surface area (Å²) in [6.45, 7) is 5.15. The average Bonchev–Trinajstić information content (AvgIpc) is 2.64. The molecule has 0 saturated carbocycles. The molecule has 0 heterocycles. The Morgan fingerprint density at radius 3 is 2.12 bits per heavy atom. The number of aryl methyl sites for hydroxylation is 1. The minimum atomic E-state index is 0.810. The van der Waals surface area contributed by atoms with Crippen LogP contribution in [0.2, 0.25) is 0 Å². The minimum Gasteiger partial charge on any atom is -0.494 e. The molecule has 0 saturated heterocycles. The Labute approximate surface area is 153 Å². The molecule has 2 nitrogen and oxygen atoms in total. The van der Waals surface area contributed by atoms with Gasteiger partial charge in [-0.1, -0.05) is 63.1 Å². The molecule has 0 N–H and O–H groups in total. The molecule has 0 bridgehead atoms. The molecule has 0 aliphatic carbocycles. The van der Waals surface area contributed by atoms with Gasteiger partial charge in [-0.25, -0.2) is 0 Å². The van der Waals surface area contributed by atoms with E-state index >= 15 is 0 Å². The molecule has 2 rings (SSSR count). The highest BCUT2D eigenvalue weighted by Gasteiger charge is 1.96. The van der Waals surface area contributed by atoms with Gasteiger partial charge in [0.1, 0.15) is 5.75 Å². The summed E-state index contributed by atoms with van der Waals surface area (Å²) in [5.41, 5.74) is 3.31. The second-order valence-electron chi connectivity index (χ2n) is 6.63. The van der Waals surface area contributed by atoms with Gasteiger partial charge in [-0.15, -0.1) is 0 Å². The van der Waals surface area contributed by atoms with Crippen LogP contribution in [0.25, 0.3) is 0 Å². The molecule has 25 heavy (non-hydrogen) atoms. The van der Waals surface area contributed by atoms with Crippen molar-refractivity contribution in [1.29, 1.82) is 0 Å². The number of aliphatic imine (C=N–C) groups is 1. The smallest absolute Gasteiger partial charge is 0.119 e. The highest BCUT2D eigenvalue weighted by atomic mass is 16.5. The van der Waals surface area contributed by atoms with Crippen molar-refractivity contribution in [2.24, 2.45) is 4.99 Å². The maximum atomic E-state index is 5.82. The number of hydrogen-bond acceptors (Lipinski definition) is 2. The fraction of sp³-hybridized carbons (Fsp3) is 0.435. The monoisotopic (exact) mass is 337 g/mol. The molecule has 0 amide bonds. The molecule has 0 atom stereocenters. The van der Waals surface area contributed by atoms with E-state index in [0.717, 1.165) is 30.0 Å². The molecule has 0 aliphatic rings. The molecule has 0 radical (unpaired) electrons. The normalized spacial score (nSPS) is 11.1. The van der Waals surface area contributed by atoms with Gasteiger partial charge in [0.25, 0.3) is 0 Å². The van der Waals surface area contributed by atoms with Crippen molar-refractivity contribution in [3.05, 3.63) is 59.7 Å². The fourth-order valence-electron chi connectivity index (χ4n) is 2.68. The predicted octanol–water partition coefficient (Wildman–Crippen LogP) is 6.88. The first-order valence-corrected chi connectivity index (χ1v) is 9.61. The van der Waals surface area contributed by atoms with E-state index < -0.39 is 0 Å². The van der Waals surface area contributed by atoms with Gasteiger partial charge in [-0.2, -0.15) is 0 Å². The van der Waals surface area contributed by atoms with E-state index in [9.17, 15) is 0 Å². The van der Waals surface area contributed by atoms with E-state index in [1.807, 2.05) is 30.5 Å². The third-order valence-corrected chi connectivity index (χ3v) is 4.29. The highest BCUT2D eigenvalue weighted by Crippen LogP contribution is 2.15. The number of unbranched alkanes of at least 4 members (excludes halogenated alkanes) is 6. The molecule has 2 aromatic rings. The van der Waals surface area contributed by atoms with E-state index in [2.05, 4.69) is 43.1 Å². The van der Waals surface area contributed by atoms with Crippen molar-refractivity contribution in [1.82, 2.24) is 0 Å². The van der Waals surface area contributed by atoms with E-state index in [0.29, 0.717) is 0 Å². The summed E-state index contributed by atoms with van der Waals surface area (Å²) in [5.74, 6) is 0.943. The average molecular weight is 338 g/mol. The van der Waals surface area contributed by atoms with Crippen molar-refractivity contribution < 1.29 is 4.74 Å². The fourth-order valence-corrected chi connectivity index (χ4v) is 2.68. The van der Waals surface area contributed by atoms with Gasteiger partial charge >= 0.3 is 0 Å². The van der Waals surface area contributed by atoms with Crippen LogP contribution in [0.15, 0.2) is 53.5 Å². The Hall–Kier alpha value is -2.09. The van der Waals surface area contributed by atoms with Gasteiger partial charge in [0, 0.05) is 6.21 Å². The van der Waals surface area contributed by atoms with Crippen molar-refractivity contribution in [3.63, 3.8) is 0 Å². The molecule has 0 aromatic heterocycles. The van der Waals surface area contributed by atoms with Crippen LogP contribution >= 0.6 is 0 Å². The van der Waals surface area contributed by atoms with E-state index in [-0.39, 0.29) is 0 Å².